The fraction of sp³-hybridized carbons (Fsp3) is 0.750. The van der Waals surface area contributed by atoms with E-state index in [1.807, 2.05) is 0 Å². The molecule has 0 atom stereocenters. The van der Waals surface area contributed by atoms with Gasteiger partial charge >= 0.3 is 0 Å². The molecule has 7 heavy (non-hydrogen) atoms. The molecule has 0 saturated carbocycles. The number of rotatable bonds is 0. The Morgan fingerprint density at radius 1 is 1.57 bits per heavy atom. The molecule has 0 radical (unpaired) electrons. The molecule has 0 unspecified atom stereocenters. The zero-order chi connectivity index (χ0) is 4.41. The molecule has 42 valence electrons. The van der Waals surface area contributed by atoms with Crippen molar-refractivity contribution in [1.29, 1.82) is 0 Å². The standard InChI is InChI=1S/C4H7OS.Mo/c5-4-2-1-3-6-4;/h5H,1-3H2;/q-1;. The Labute approximate surface area is 62.1 Å². The maximum Gasteiger partial charge on any atom is 0 e. The van der Waals surface area contributed by atoms with Gasteiger partial charge < -0.3 is 16.9 Å². The Morgan fingerprint density at radius 3 is 2.43 bits per heavy atom. The van der Waals surface area contributed by atoms with Gasteiger partial charge in [-0.15, -0.1) is 11.9 Å². The molecule has 1 nitrogen and oxygen atoms in total. The first kappa shape index (κ1) is 8.00. The fourth-order valence-corrected chi connectivity index (χ4v) is 1.30. The molecule has 0 aliphatic carbocycles. The molecule has 1 aliphatic rings. The molecule has 0 aromatic rings. The van der Waals surface area contributed by atoms with Crippen LogP contribution in [0.2, 0.25) is 0 Å². The van der Waals surface area contributed by atoms with Gasteiger partial charge in [-0.1, -0.05) is 6.42 Å². The minimum atomic E-state index is 0. The van der Waals surface area contributed by atoms with E-state index in [9.17, 15) is 0 Å². The molecule has 0 aromatic heterocycles. The summed E-state index contributed by atoms with van der Waals surface area (Å²) < 4.78 is 0. The Kier molecular flexibility index (Phi) is 4.50. The maximum atomic E-state index is 8.61. The molecule has 0 spiro atoms. The largest absolute Gasteiger partial charge is 0.552 e. The van der Waals surface area contributed by atoms with Crippen LogP contribution in [0.15, 0.2) is 0 Å². The van der Waals surface area contributed by atoms with Crippen LogP contribution in [-0.4, -0.2) is 10.9 Å². The summed E-state index contributed by atoms with van der Waals surface area (Å²) in [7, 11) is 0. The summed E-state index contributed by atoms with van der Waals surface area (Å²) in [4.78, 5) is 0. The number of aliphatic hydroxyl groups excluding tert-OH is 1. The summed E-state index contributed by atoms with van der Waals surface area (Å²) >= 11 is 1.57. The van der Waals surface area contributed by atoms with Crippen molar-refractivity contribution in [2.24, 2.45) is 0 Å². The normalized spacial score (nSPS) is 21.9. The third-order valence-corrected chi connectivity index (χ3v) is 1.83. The zero-order valence-electron chi connectivity index (χ0n) is 3.89. The predicted octanol–water partition coefficient (Wildman–Crippen LogP) is 1.37. The monoisotopic (exact) mass is 201 g/mol. The van der Waals surface area contributed by atoms with E-state index in [4.69, 9.17) is 5.11 Å². The molecule has 1 heterocycles. The van der Waals surface area contributed by atoms with Gasteiger partial charge in [0.1, 0.15) is 0 Å². The van der Waals surface area contributed by atoms with Crippen LogP contribution in [0.5, 0.6) is 0 Å². The maximum absolute atomic E-state index is 8.61. The molecule has 1 saturated heterocycles. The van der Waals surface area contributed by atoms with Gasteiger partial charge in [-0.05, 0) is 5.75 Å². The second kappa shape index (κ2) is 3.94. The van der Waals surface area contributed by atoms with Gasteiger partial charge in [-0.3, -0.25) is 0 Å². The third-order valence-electron chi connectivity index (χ3n) is 0.804. The zero-order valence-corrected chi connectivity index (χ0v) is 6.71. The first-order chi connectivity index (χ1) is 2.89. The third kappa shape index (κ3) is 2.73. The molecular weight excluding hydrogens is 192 g/mol. The molecule has 0 amide bonds. The Balaban J connectivity index is 0.000000360. The molecule has 0 aromatic carbocycles. The first-order valence-corrected chi connectivity index (χ1v) is 3.06. The molecule has 1 fully saturated rings. The van der Waals surface area contributed by atoms with E-state index in [2.05, 4.69) is 0 Å². The van der Waals surface area contributed by atoms with Crippen LogP contribution >= 0.6 is 11.8 Å². The van der Waals surface area contributed by atoms with Gasteiger partial charge in [0.05, 0.1) is 0 Å². The van der Waals surface area contributed by atoms with Crippen LogP contribution < -0.4 is 0 Å². The van der Waals surface area contributed by atoms with Gasteiger partial charge in [0.15, 0.2) is 0 Å². The minimum absolute atomic E-state index is 0. The van der Waals surface area contributed by atoms with Crippen molar-refractivity contribution in [3.8, 4) is 0 Å². The molecule has 0 bridgehead atoms. The van der Waals surface area contributed by atoms with Crippen molar-refractivity contribution < 1.29 is 26.2 Å². The molecular formula is C4H7MoOS-. The van der Waals surface area contributed by atoms with Crippen LogP contribution in [-0.2, 0) is 21.1 Å². The minimum Gasteiger partial charge on any atom is -0.552 e. The van der Waals surface area contributed by atoms with Crippen LogP contribution in [0.1, 0.15) is 12.8 Å². The summed E-state index contributed by atoms with van der Waals surface area (Å²) in [6.45, 7) is 0. The van der Waals surface area contributed by atoms with E-state index in [-0.39, 0.29) is 21.1 Å². The predicted molar refractivity (Wildman–Crippen MR) is 26.9 cm³/mol. The van der Waals surface area contributed by atoms with Gasteiger partial charge in [0, 0.05) is 21.1 Å². The van der Waals surface area contributed by atoms with Gasteiger partial charge in [0.25, 0.3) is 0 Å². The van der Waals surface area contributed by atoms with E-state index < -0.39 is 0 Å². The van der Waals surface area contributed by atoms with Crippen LogP contribution in [0.3, 0.4) is 0 Å². The summed E-state index contributed by atoms with van der Waals surface area (Å²) in [6, 6.07) is 0. The summed E-state index contributed by atoms with van der Waals surface area (Å²) in [6.07, 6.45) is 2.08. The van der Waals surface area contributed by atoms with E-state index in [0.29, 0.717) is 5.44 Å². The van der Waals surface area contributed by atoms with Crippen molar-refractivity contribution >= 4 is 11.8 Å². The van der Waals surface area contributed by atoms with Crippen LogP contribution in [0.4, 0.5) is 0 Å². The molecule has 1 N–H and O–H groups in total. The molecule has 1 rings (SSSR count). The quantitative estimate of drug-likeness (QED) is 0.469. The van der Waals surface area contributed by atoms with Crippen molar-refractivity contribution in [3.63, 3.8) is 0 Å². The van der Waals surface area contributed by atoms with Gasteiger partial charge in [-0.2, -0.15) is 0 Å². The number of aliphatic hydroxyl groups is 1. The summed E-state index contributed by atoms with van der Waals surface area (Å²) in [5.74, 6) is 1.12. The second-order valence-electron chi connectivity index (χ2n) is 1.35. The second-order valence-corrected chi connectivity index (χ2v) is 2.51. The number of hydrogen-bond donors (Lipinski definition) is 1. The van der Waals surface area contributed by atoms with E-state index in [1.54, 1.807) is 11.8 Å². The Bertz CT molecular complexity index is 45.0. The van der Waals surface area contributed by atoms with Crippen molar-refractivity contribution in [2.45, 2.75) is 12.8 Å². The SMILES string of the molecule is O[C-]1CCCS1.[Mo]. The Hall–Kier alpha value is 0.998. The van der Waals surface area contributed by atoms with Crippen LogP contribution in [0, 0.1) is 5.44 Å². The van der Waals surface area contributed by atoms with Gasteiger partial charge in [0.2, 0.25) is 0 Å². The summed E-state index contributed by atoms with van der Waals surface area (Å²) in [5.41, 5.74) is 0.620. The molecule has 3 heteroatoms. The smallest absolute Gasteiger partial charge is 0 e. The fourth-order valence-electron chi connectivity index (χ4n) is 0.486. The summed E-state index contributed by atoms with van der Waals surface area (Å²) in [5, 5.41) is 8.61. The van der Waals surface area contributed by atoms with E-state index in [0.717, 1.165) is 18.6 Å². The van der Waals surface area contributed by atoms with Crippen molar-refractivity contribution in [3.05, 3.63) is 5.44 Å². The average molecular weight is 199 g/mol. The van der Waals surface area contributed by atoms with Gasteiger partial charge in [-0.25, -0.2) is 0 Å². The average Bonchev–Trinajstić information content (AvgIpc) is 1.86. The molecule has 1 aliphatic heterocycles. The first-order valence-electron chi connectivity index (χ1n) is 2.07. The van der Waals surface area contributed by atoms with Crippen molar-refractivity contribution in [1.82, 2.24) is 0 Å². The van der Waals surface area contributed by atoms with E-state index in [1.165, 1.54) is 0 Å². The van der Waals surface area contributed by atoms with E-state index >= 15 is 0 Å². The van der Waals surface area contributed by atoms with Crippen molar-refractivity contribution in [2.75, 3.05) is 5.75 Å². The number of thioether (sulfide) groups is 1. The topological polar surface area (TPSA) is 20.2 Å². The van der Waals surface area contributed by atoms with Crippen LogP contribution in [0.25, 0.3) is 0 Å². The number of hydrogen-bond acceptors (Lipinski definition) is 2. The Morgan fingerprint density at radius 2 is 2.29 bits per heavy atom.